The molecule has 0 unspecified atom stereocenters. The summed E-state index contributed by atoms with van der Waals surface area (Å²) in [6, 6.07) is 8.67. The molecular formula is C18H23N7O2. The molecule has 2 N–H and O–H groups in total. The van der Waals surface area contributed by atoms with Crippen LogP contribution in [0.2, 0.25) is 0 Å². The van der Waals surface area contributed by atoms with Gasteiger partial charge in [-0.05, 0) is 31.5 Å². The van der Waals surface area contributed by atoms with Crippen molar-refractivity contribution in [1.82, 2.24) is 29.9 Å². The molecule has 142 valence electrons. The van der Waals surface area contributed by atoms with Gasteiger partial charge in [0, 0.05) is 32.7 Å². The number of benzene rings is 1. The van der Waals surface area contributed by atoms with Gasteiger partial charge in [0.25, 0.3) is 0 Å². The van der Waals surface area contributed by atoms with Crippen LogP contribution in [0.25, 0.3) is 5.69 Å². The number of methoxy groups -OCH3 is 1. The van der Waals surface area contributed by atoms with Crippen molar-refractivity contribution < 1.29 is 9.53 Å². The number of carbonyl (C=O) groups excluding carboxylic acids is 1. The van der Waals surface area contributed by atoms with Gasteiger partial charge in [0.15, 0.2) is 5.82 Å². The van der Waals surface area contributed by atoms with E-state index in [1.165, 1.54) is 0 Å². The maximum absolute atomic E-state index is 12.5. The third-order valence-corrected chi connectivity index (χ3v) is 4.03. The first-order valence-corrected chi connectivity index (χ1v) is 8.72. The number of anilines is 1. The molecular weight excluding hydrogens is 346 g/mol. The highest BCUT2D eigenvalue weighted by atomic mass is 16.5. The number of amides is 2. The Morgan fingerprint density at radius 1 is 1.30 bits per heavy atom. The first-order chi connectivity index (χ1) is 13.2. The molecule has 9 heteroatoms. The number of carbonyl (C=O) groups is 1. The van der Waals surface area contributed by atoms with Crippen molar-refractivity contribution in [3.63, 3.8) is 0 Å². The van der Waals surface area contributed by atoms with Crippen LogP contribution in [0.3, 0.4) is 0 Å². The molecule has 2 heterocycles. The van der Waals surface area contributed by atoms with Crippen molar-refractivity contribution in [2.45, 2.75) is 25.9 Å². The van der Waals surface area contributed by atoms with Gasteiger partial charge < -0.3 is 19.9 Å². The molecule has 0 aliphatic rings. The number of nitrogens with one attached hydrogen (secondary N) is 2. The maximum Gasteiger partial charge on any atom is 0.319 e. The lowest BCUT2D eigenvalue weighted by Gasteiger charge is -2.16. The Labute approximate surface area is 157 Å². The second kappa shape index (κ2) is 8.95. The molecule has 3 rings (SSSR count). The van der Waals surface area contributed by atoms with Crippen molar-refractivity contribution in [3.8, 4) is 5.69 Å². The normalized spacial score (nSPS) is 11.9. The Kier molecular flexibility index (Phi) is 6.16. The van der Waals surface area contributed by atoms with E-state index >= 15 is 0 Å². The Balaban J connectivity index is 1.64. The molecule has 0 saturated carbocycles. The van der Waals surface area contributed by atoms with Crippen LogP contribution in [0.1, 0.15) is 25.2 Å². The number of hydrogen-bond acceptors (Lipinski definition) is 5. The highest BCUT2D eigenvalue weighted by Gasteiger charge is 2.16. The molecule has 9 nitrogen and oxygen atoms in total. The Bertz CT molecular complexity index is 860. The fourth-order valence-corrected chi connectivity index (χ4v) is 2.76. The lowest BCUT2D eigenvalue weighted by Crippen LogP contribution is -2.33. The minimum atomic E-state index is -0.325. The van der Waals surface area contributed by atoms with Gasteiger partial charge in [0.2, 0.25) is 0 Å². The van der Waals surface area contributed by atoms with Gasteiger partial charge in [0.05, 0.1) is 17.4 Å². The number of hydrogen-bond donors (Lipinski definition) is 2. The predicted molar refractivity (Wildman–Crippen MR) is 101 cm³/mol. The van der Waals surface area contributed by atoms with Crippen LogP contribution in [0.4, 0.5) is 10.5 Å². The average molecular weight is 369 g/mol. The summed E-state index contributed by atoms with van der Waals surface area (Å²) < 4.78 is 8.69. The molecule has 3 aromatic rings. The van der Waals surface area contributed by atoms with Gasteiger partial charge in [0.1, 0.15) is 6.33 Å². The van der Waals surface area contributed by atoms with E-state index in [0.29, 0.717) is 18.1 Å². The molecule has 27 heavy (non-hydrogen) atoms. The Hall–Kier alpha value is -3.20. The van der Waals surface area contributed by atoms with E-state index in [1.54, 1.807) is 24.3 Å². The third kappa shape index (κ3) is 4.70. The number of para-hydroxylation sites is 2. The van der Waals surface area contributed by atoms with Gasteiger partial charge >= 0.3 is 6.03 Å². The predicted octanol–water partition coefficient (Wildman–Crippen LogP) is 2.38. The van der Waals surface area contributed by atoms with Crippen LogP contribution in [0.5, 0.6) is 0 Å². The van der Waals surface area contributed by atoms with E-state index in [4.69, 9.17) is 4.74 Å². The zero-order valence-corrected chi connectivity index (χ0v) is 15.4. The van der Waals surface area contributed by atoms with E-state index < -0.39 is 0 Å². The second-order valence-corrected chi connectivity index (χ2v) is 6.02. The molecule has 1 atom stereocenters. The Morgan fingerprint density at radius 2 is 2.15 bits per heavy atom. The number of urea groups is 1. The molecule has 0 aliphatic carbocycles. The first kappa shape index (κ1) is 18.6. The summed E-state index contributed by atoms with van der Waals surface area (Å²) in [4.78, 5) is 12.5. The minimum Gasteiger partial charge on any atom is -0.385 e. The van der Waals surface area contributed by atoms with Crippen molar-refractivity contribution >= 4 is 11.7 Å². The number of ether oxygens (including phenoxy) is 1. The fraction of sp³-hybridized carbons (Fsp3) is 0.333. The van der Waals surface area contributed by atoms with Crippen LogP contribution in [0.15, 0.2) is 49.1 Å². The highest BCUT2D eigenvalue weighted by molar-refractivity contribution is 5.91. The smallest absolute Gasteiger partial charge is 0.319 e. The molecule has 1 aromatic carbocycles. The van der Waals surface area contributed by atoms with Crippen LogP contribution in [0, 0.1) is 0 Å². The summed E-state index contributed by atoms with van der Waals surface area (Å²) in [5, 5.41) is 18.1. The highest BCUT2D eigenvalue weighted by Crippen LogP contribution is 2.19. The van der Waals surface area contributed by atoms with Gasteiger partial charge in [-0.25, -0.2) is 9.48 Å². The van der Waals surface area contributed by atoms with Crippen LogP contribution in [-0.4, -0.2) is 44.3 Å². The summed E-state index contributed by atoms with van der Waals surface area (Å²) in [5.41, 5.74) is 1.44. The third-order valence-electron chi connectivity index (χ3n) is 4.03. The second-order valence-electron chi connectivity index (χ2n) is 6.02. The summed E-state index contributed by atoms with van der Waals surface area (Å²) in [6.07, 6.45) is 6.02. The molecule has 0 bridgehead atoms. The lowest BCUT2D eigenvalue weighted by molar-refractivity contribution is 0.189. The molecule has 0 saturated heterocycles. The van der Waals surface area contributed by atoms with E-state index in [9.17, 15) is 4.79 Å². The molecule has 0 aliphatic heterocycles. The fourth-order valence-electron chi connectivity index (χ4n) is 2.76. The molecule has 0 radical (unpaired) electrons. The molecule has 0 spiro atoms. The summed E-state index contributed by atoms with van der Waals surface area (Å²) in [7, 11) is 1.67. The number of rotatable bonds is 8. The summed E-state index contributed by atoms with van der Waals surface area (Å²) in [6.45, 7) is 3.26. The summed E-state index contributed by atoms with van der Waals surface area (Å²) >= 11 is 0. The van der Waals surface area contributed by atoms with E-state index in [-0.39, 0.29) is 12.1 Å². The van der Waals surface area contributed by atoms with Crippen molar-refractivity contribution in [1.29, 1.82) is 0 Å². The largest absolute Gasteiger partial charge is 0.385 e. The lowest BCUT2D eigenvalue weighted by atomic mass is 10.2. The van der Waals surface area contributed by atoms with E-state index in [2.05, 4.69) is 25.9 Å². The Morgan fingerprint density at radius 3 is 2.93 bits per heavy atom. The standard InChI is InChI=1S/C18H23N7O2/c1-14(17-23-19-13-24(17)10-6-12-27-2)21-18(26)22-15-7-3-4-8-16(15)25-11-5-9-20-25/h3-5,7-9,11,13-14H,6,10,12H2,1-2H3,(H2,21,22,26)/t14-/m1/s1. The number of aryl methyl sites for hydroxylation is 1. The van der Waals surface area contributed by atoms with Crippen molar-refractivity contribution in [2.75, 3.05) is 19.0 Å². The van der Waals surface area contributed by atoms with E-state index in [0.717, 1.165) is 18.7 Å². The maximum atomic E-state index is 12.5. The van der Waals surface area contributed by atoms with Crippen molar-refractivity contribution in [2.24, 2.45) is 0 Å². The molecule has 0 fully saturated rings. The van der Waals surface area contributed by atoms with Gasteiger partial charge in [-0.3, -0.25) is 0 Å². The minimum absolute atomic E-state index is 0.299. The van der Waals surface area contributed by atoms with E-state index in [1.807, 2.05) is 48.0 Å². The van der Waals surface area contributed by atoms with Crippen LogP contribution in [-0.2, 0) is 11.3 Å². The van der Waals surface area contributed by atoms with Crippen LogP contribution >= 0.6 is 0 Å². The zero-order valence-electron chi connectivity index (χ0n) is 15.4. The number of nitrogens with zero attached hydrogens (tertiary/aromatic N) is 5. The summed E-state index contributed by atoms with van der Waals surface area (Å²) in [5.74, 6) is 0.696. The van der Waals surface area contributed by atoms with Gasteiger partial charge in [-0.2, -0.15) is 5.10 Å². The quantitative estimate of drug-likeness (QED) is 0.594. The monoisotopic (exact) mass is 369 g/mol. The SMILES string of the molecule is COCCCn1cnnc1[C@@H](C)NC(=O)Nc1ccccc1-n1cccn1. The molecule has 2 aromatic heterocycles. The van der Waals surface area contributed by atoms with Gasteiger partial charge in [-0.1, -0.05) is 12.1 Å². The van der Waals surface area contributed by atoms with Crippen molar-refractivity contribution in [3.05, 3.63) is 54.9 Å². The number of aromatic nitrogens is 5. The molecule has 2 amide bonds. The average Bonchev–Trinajstić information content (AvgIpc) is 3.34. The topological polar surface area (TPSA) is 98.9 Å². The zero-order chi connectivity index (χ0) is 19.1. The van der Waals surface area contributed by atoms with Crippen LogP contribution < -0.4 is 10.6 Å². The first-order valence-electron chi connectivity index (χ1n) is 8.72. The van der Waals surface area contributed by atoms with Gasteiger partial charge in [-0.15, -0.1) is 10.2 Å².